The van der Waals surface area contributed by atoms with Crippen molar-refractivity contribution < 1.29 is 59.4 Å². The molecule has 214 valence electrons. The van der Waals surface area contributed by atoms with Gasteiger partial charge in [-0.3, -0.25) is 28.8 Å². The van der Waals surface area contributed by atoms with Crippen molar-refractivity contribution in [2.75, 3.05) is 0 Å². The highest BCUT2D eigenvalue weighted by molar-refractivity contribution is 6.38. The maximum atomic E-state index is 14.0. The average Bonchev–Trinajstić information content (AvgIpc) is 2.90. The lowest BCUT2D eigenvalue weighted by atomic mass is 9.61. The van der Waals surface area contributed by atoms with E-state index in [1.54, 1.807) is 0 Å². The Morgan fingerprint density at radius 1 is 0.643 bits per heavy atom. The quantitative estimate of drug-likeness (QED) is 0.211. The fourth-order valence-corrected chi connectivity index (χ4v) is 6.73. The van der Waals surface area contributed by atoms with Crippen LogP contribution in [0.2, 0.25) is 0 Å². The molecule has 6 N–H and O–H groups in total. The standard InChI is InChI=1S/C30H22O12/c1-7-3-9(31)19-23(25(7)37)29(41)21-15(11(33)5-13(35)17(21)27(19)39)16-12(34)6-14(36)18-22(16)30(42)24-20(28(18)40)10(32)4-8(2)26(24)38/h3-4,11-12,15-16,31,33-34,37,40,42H,5-6H2,1-2H3. The van der Waals surface area contributed by atoms with E-state index in [1.807, 2.05) is 0 Å². The molecule has 2 aromatic rings. The number of Topliss-reactive ketones (excluding diaryl/α,β-unsaturated/α-hetero) is 5. The van der Waals surface area contributed by atoms with Gasteiger partial charge >= 0.3 is 0 Å². The Balaban J connectivity index is 1.67. The number of fused-ring (bicyclic) bond motifs is 3. The minimum Gasteiger partial charge on any atom is -0.507 e. The topological polar surface area (TPSA) is 224 Å². The monoisotopic (exact) mass is 574 g/mol. The highest BCUT2D eigenvalue weighted by atomic mass is 16.3. The number of carbonyl (C=O) groups is 6. The van der Waals surface area contributed by atoms with Gasteiger partial charge in [-0.15, -0.1) is 0 Å². The first-order chi connectivity index (χ1) is 19.7. The van der Waals surface area contributed by atoms with Crippen LogP contribution in [0.15, 0.2) is 28.9 Å². The molecule has 4 aliphatic rings. The molecule has 0 aliphatic heterocycles. The van der Waals surface area contributed by atoms with Crippen LogP contribution in [0.5, 0.6) is 23.0 Å². The van der Waals surface area contributed by atoms with E-state index in [9.17, 15) is 59.4 Å². The lowest BCUT2D eigenvalue weighted by molar-refractivity contribution is -0.119. The van der Waals surface area contributed by atoms with Crippen LogP contribution in [0.1, 0.15) is 88.6 Å². The number of phenolic OH excluding ortho intramolecular Hbond substituents is 4. The van der Waals surface area contributed by atoms with E-state index in [4.69, 9.17) is 0 Å². The zero-order valence-electron chi connectivity index (χ0n) is 22.0. The van der Waals surface area contributed by atoms with E-state index in [2.05, 4.69) is 0 Å². The molecule has 42 heavy (non-hydrogen) atoms. The van der Waals surface area contributed by atoms with Crippen molar-refractivity contribution >= 4 is 34.7 Å². The van der Waals surface area contributed by atoms with Crippen molar-refractivity contribution in [2.45, 2.75) is 44.8 Å². The van der Waals surface area contributed by atoms with Gasteiger partial charge < -0.3 is 30.6 Å². The number of aliphatic hydroxyl groups excluding tert-OH is 2. The first-order valence-electron chi connectivity index (χ1n) is 12.9. The Morgan fingerprint density at radius 3 is 1.90 bits per heavy atom. The van der Waals surface area contributed by atoms with Crippen LogP contribution < -0.4 is 0 Å². The van der Waals surface area contributed by atoms with Crippen molar-refractivity contribution in [1.82, 2.24) is 0 Å². The molecule has 12 nitrogen and oxygen atoms in total. The van der Waals surface area contributed by atoms with E-state index in [-0.39, 0.29) is 11.1 Å². The maximum Gasteiger partial charge on any atom is 0.201 e. The summed E-state index contributed by atoms with van der Waals surface area (Å²) in [6, 6.07) is 1.04. The fraction of sp³-hybridized carbons (Fsp3) is 0.267. The molecule has 6 rings (SSSR count). The van der Waals surface area contributed by atoms with E-state index in [0.29, 0.717) is 0 Å². The van der Waals surface area contributed by atoms with Crippen LogP contribution in [0, 0.1) is 12.8 Å². The molecule has 0 saturated heterocycles. The molecule has 4 atom stereocenters. The number of aliphatic hydroxyl groups is 2. The summed E-state index contributed by atoms with van der Waals surface area (Å²) < 4.78 is 0. The number of rotatable bonds is 1. The molecule has 4 aliphatic carbocycles. The number of phenols is 4. The van der Waals surface area contributed by atoms with Gasteiger partial charge in [-0.2, -0.15) is 0 Å². The third-order valence-corrected chi connectivity index (χ3v) is 8.56. The summed E-state index contributed by atoms with van der Waals surface area (Å²) in [5, 5.41) is 66.1. The largest absolute Gasteiger partial charge is 0.507 e. The van der Waals surface area contributed by atoms with E-state index >= 15 is 0 Å². The predicted molar refractivity (Wildman–Crippen MR) is 139 cm³/mol. The van der Waals surface area contributed by atoms with Gasteiger partial charge in [-0.05, 0) is 31.6 Å². The number of allylic oxidation sites excluding steroid dienone is 3. The normalized spacial score (nSPS) is 25.2. The third kappa shape index (κ3) is 3.30. The molecule has 12 heteroatoms. The van der Waals surface area contributed by atoms with Crippen LogP contribution in [0.25, 0.3) is 0 Å². The SMILES string of the molecule is CC1=CC(=O)c2c(O)c3c(c(O)c2C1=O)C(C1C2=C(C(=O)CC1O)C(=O)c1c(O)cc(C)c(O)c1C2=O)C(O)CC3=O. The Morgan fingerprint density at radius 2 is 1.24 bits per heavy atom. The number of hydrogen-bond acceptors (Lipinski definition) is 12. The Bertz CT molecular complexity index is 1840. The summed E-state index contributed by atoms with van der Waals surface area (Å²) in [6.45, 7) is 2.64. The summed E-state index contributed by atoms with van der Waals surface area (Å²) in [4.78, 5) is 79.5. The van der Waals surface area contributed by atoms with E-state index in [1.165, 1.54) is 13.8 Å². The number of benzene rings is 2. The van der Waals surface area contributed by atoms with Gasteiger partial charge in [0.1, 0.15) is 23.0 Å². The highest BCUT2D eigenvalue weighted by Gasteiger charge is 2.54. The maximum absolute atomic E-state index is 14.0. The summed E-state index contributed by atoms with van der Waals surface area (Å²) in [5.74, 6) is -12.4. The molecular formula is C30H22O12. The number of hydrogen-bond donors (Lipinski definition) is 6. The zero-order valence-corrected chi connectivity index (χ0v) is 22.0. The Labute approximate surface area is 235 Å². The molecule has 0 spiro atoms. The summed E-state index contributed by atoms with van der Waals surface area (Å²) >= 11 is 0. The highest BCUT2D eigenvalue weighted by Crippen LogP contribution is 2.55. The van der Waals surface area contributed by atoms with Gasteiger partial charge in [0.2, 0.25) is 5.78 Å². The molecule has 0 aromatic heterocycles. The Kier molecular flexibility index (Phi) is 5.69. The lowest BCUT2D eigenvalue weighted by Crippen LogP contribution is -2.47. The fourth-order valence-electron chi connectivity index (χ4n) is 6.73. The van der Waals surface area contributed by atoms with Gasteiger partial charge in [0.15, 0.2) is 28.9 Å². The van der Waals surface area contributed by atoms with Crippen LogP contribution in [-0.4, -0.2) is 77.5 Å². The van der Waals surface area contributed by atoms with Crippen LogP contribution in [0.3, 0.4) is 0 Å². The smallest absolute Gasteiger partial charge is 0.201 e. The number of aromatic hydroxyl groups is 4. The lowest BCUT2D eigenvalue weighted by Gasteiger charge is -2.42. The minimum absolute atomic E-state index is 0.0186. The van der Waals surface area contributed by atoms with Crippen molar-refractivity contribution in [2.24, 2.45) is 5.92 Å². The Hall–Kier alpha value is -4.94. The van der Waals surface area contributed by atoms with Crippen molar-refractivity contribution in [3.05, 3.63) is 67.8 Å². The van der Waals surface area contributed by atoms with Gasteiger partial charge in [0.05, 0.1) is 45.6 Å². The molecule has 0 fully saturated rings. The second-order valence-electron chi connectivity index (χ2n) is 11.0. The van der Waals surface area contributed by atoms with Gasteiger partial charge in [-0.1, -0.05) is 0 Å². The van der Waals surface area contributed by atoms with Gasteiger partial charge in [0.25, 0.3) is 0 Å². The molecule has 4 unspecified atom stereocenters. The predicted octanol–water partition coefficient (Wildman–Crippen LogP) is 1.50. The van der Waals surface area contributed by atoms with E-state index < -0.39 is 139 Å². The van der Waals surface area contributed by atoms with Gasteiger partial charge in [-0.25, -0.2) is 0 Å². The number of carbonyl (C=O) groups excluding carboxylic acids is 6. The van der Waals surface area contributed by atoms with E-state index in [0.717, 1.165) is 12.1 Å². The number of ketones is 6. The molecule has 0 amide bonds. The summed E-state index contributed by atoms with van der Waals surface area (Å²) in [7, 11) is 0. The average molecular weight is 574 g/mol. The van der Waals surface area contributed by atoms with Crippen molar-refractivity contribution in [3.8, 4) is 23.0 Å². The zero-order chi connectivity index (χ0) is 30.7. The van der Waals surface area contributed by atoms with Crippen LogP contribution >= 0.6 is 0 Å². The van der Waals surface area contributed by atoms with Crippen molar-refractivity contribution in [3.63, 3.8) is 0 Å². The molecule has 0 bridgehead atoms. The third-order valence-electron chi connectivity index (χ3n) is 8.56. The second-order valence-corrected chi connectivity index (χ2v) is 11.0. The minimum atomic E-state index is -1.78. The first kappa shape index (κ1) is 27.2. The number of aryl methyl sites for hydroxylation is 1. The summed E-state index contributed by atoms with van der Waals surface area (Å²) in [6.07, 6.45) is -4.08. The second kappa shape index (κ2) is 8.78. The molecule has 0 saturated carbocycles. The first-order valence-corrected chi connectivity index (χ1v) is 12.9. The molecule has 2 aromatic carbocycles. The van der Waals surface area contributed by atoms with Crippen LogP contribution in [0.4, 0.5) is 0 Å². The molecular weight excluding hydrogens is 552 g/mol. The van der Waals surface area contributed by atoms with Gasteiger partial charge in [0, 0.05) is 41.4 Å². The van der Waals surface area contributed by atoms with Crippen LogP contribution in [-0.2, 0) is 4.79 Å². The van der Waals surface area contributed by atoms with Crippen molar-refractivity contribution in [1.29, 1.82) is 0 Å². The summed E-state index contributed by atoms with van der Waals surface area (Å²) in [5.41, 5.74) is -5.10. The molecule has 0 heterocycles. The molecule has 0 radical (unpaired) electrons.